The Morgan fingerprint density at radius 3 is 2.00 bits per heavy atom. The zero-order chi connectivity index (χ0) is 29.2. The van der Waals surface area contributed by atoms with E-state index < -0.39 is 23.3 Å². The van der Waals surface area contributed by atoms with Crippen molar-refractivity contribution in [1.82, 2.24) is 0 Å². The Morgan fingerprint density at radius 1 is 0.732 bits per heavy atom. The molecule has 0 aromatic heterocycles. The van der Waals surface area contributed by atoms with Crippen molar-refractivity contribution >= 4 is 0 Å². The van der Waals surface area contributed by atoms with Crippen LogP contribution in [0.5, 0.6) is 5.75 Å². The molecule has 0 aliphatic carbocycles. The first-order valence-electron chi connectivity index (χ1n) is 14.8. The van der Waals surface area contributed by atoms with Gasteiger partial charge in [-0.1, -0.05) is 81.6 Å². The lowest BCUT2D eigenvalue weighted by atomic mass is 9.93. The summed E-state index contributed by atoms with van der Waals surface area (Å²) in [5.74, 6) is 2.00. The fourth-order valence-corrected chi connectivity index (χ4v) is 5.24. The first kappa shape index (κ1) is 30.7. The molecule has 2 atom stereocenters. The predicted molar refractivity (Wildman–Crippen MR) is 156 cm³/mol. The van der Waals surface area contributed by atoms with Crippen molar-refractivity contribution in [2.45, 2.75) is 77.7 Å². The van der Waals surface area contributed by atoms with Gasteiger partial charge in [0, 0.05) is 11.1 Å². The molecule has 6 heteroatoms. The van der Waals surface area contributed by atoms with Crippen LogP contribution in [-0.4, -0.2) is 19.3 Å². The van der Waals surface area contributed by atoms with E-state index in [1.54, 1.807) is 31.2 Å². The molecule has 1 aliphatic rings. The van der Waals surface area contributed by atoms with Gasteiger partial charge >= 0.3 is 0 Å². The summed E-state index contributed by atoms with van der Waals surface area (Å²) in [5, 5.41) is 0. The lowest BCUT2D eigenvalue weighted by Gasteiger charge is -2.26. The van der Waals surface area contributed by atoms with Gasteiger partial charge in [0.05, 0.1) is 18.8 Å². The number of unbranched alkanes of at least 4 members (excludes halogenated alkanes) is 5. The second-order valence-corrected chi connectivity index (χ2v) is 10.6. The third-order valence-corrected chi connectivity index (χ3v) is 7.64. The normalized spacial score (nSPS) is 16.7. The van der Waals surface area contributed by atoms with Gasteiger partial charge in [0.15, 0.2) is 23.2 Å². The molecule has 1 heterocycles. The minimum absolute atomic E-state index is 0.0207. The maximum atomic E-state index is 15.0. The van der Waals surface area contributed by atoms with Crippen molar-refractivity contribution in [3.8, 4) is 39.8 Å². The first-order valence-corrected chi connectivity index (χ1v) is 14.8. The Bertz CT molecular complexity index is 1350. The molecule has 0 radical (unpaired) electrons. The van der Waals surface area contributed by atoms with E-state index >= 15 is 4.39 Å². The number of benzene rings is 3. The Labute approximate surface area is 241 Å². The van der Waals surface area contributed by atoms with Gasteiger partial charge in [-0.05, 0) is 67.5 Å². The van der Waals surface area contributed by atoms with Crippen LogP contribution in [0.1, 0.15) is 77.2 Å². The van der Waals surface area contributed by atoms with Crippen LogP contribution < -0.4 is 4.74 Å². The van der Waals surface area contributed by atoms with Crippen molar-refractivity contribution < 1.29 is 27.0 Å². The van der Waals surface area contributed by atoms with Gasteiger partial charge < -0.3 is 9.47 Å². The minimum atomic E-state index is -1.06. The van der Waals surface area contributed by atoms with Gasteiger partial charge in [-0.15, -0.1) is 0 Å². The van der Waals surface area contributed by atoms with Crippen molar-refractivity contribution in [3.05, 3.63) is 77.4 Å². The molecule has 1 saturated heterocycles. The van der Waals surface area contributed by atoms with E-state index in [2.05, 4.69) is 18.8 Å². The van der Waals surface area contributed by atoms with E-state index in [0.717, 1.165) is 12.8 Å². The van der Waals surface area contributed by atoms with Crippen molar-refractivity contribution in [3.63, 3.8) is 0 Å². The lowest BCUT2D eigenvalue weighted by molar-refractivity contribution is 0.0129. The standard InChI is InChI=1S/C35H38F4O2/c1-3-5-6-7-8-9-10-24-11-18-28(41-23-24)19-16-27-17-20-29(33(37)32(27)36)25-12-14-26(15-13-25)30-21-22-31(40-4-2)35(39)34(30)38/h12-15,17,20-22,24,28H,3-11,18,23H2,1-2H3. The van der Waals surface area contributed by atoms with Crippen LogP contribution in [0.15, 0.2) is 48.5 Å². The van der Waals surface area contributed by atoms with Crippen LogP contribution >= 0.6 is 0 Å². The van der Waals surface area contributed by atoms with Crippen LogP contribution in [-0.2, 0) is 4.74 Å². The van der Waals surface area contributed by atoms with E-state index in [-0.39, 0.29) is 35.2 Å². The maximum absolute atomic E-state index is 15.0. The number of hydrogen-bond acceptors (Lipinski definition) is 2. The quantitative estimate of drug-likeness (QED) is 0.131. The lowest BCUT2D eigenvalue weighted by Crippen LogP contribution is -2.24. The Morgan fingerprint density at radius 2 is 1.37 bits per heavy atom. The Kier molecular flexibility index (Phi) is 11.3. The van der Waals surface area contributed by atoms with Crippen molar-refractivity contribution in [2.75, 3.05) is 13.2 Å². The molecule has 0 saturated carbocycles. The van der Waals surface area contributed by atoms with Gasteiger partial charge in [0.1, 0.15) is 6.10 Å². The van der Waals surface area contributed by atoms with Crippen molar-refractivity contribution in [1.29, 1.82) is 0 Å². The average molecular weight is 567 g/mol. The molecular weight excluding hydrogens is 528 g/mol. The number of halogens is 4. The predicted octanol–water partition coefficient (Wildman–Crippen LogP) is 9.87. The molecule has 3 aromatic carbocycles. The van der Waals surface area contributed by atoms with E-state index in [1.165, 1.54) is 69.2 Å². The van der Waals surface area contributed by atoms with Crippen LogP contribution in [0, 0.1) is 41.0 Å². The summed E-state index contributed by atoms with van der Waals surface area (Å²) in [6.07, 6.45) is 10.4. The molecule has 3 aromatic rings. The summed E-state index contributed by atoms with van der Waals surface area (Å²) in [6, 6.07) is 11.9. The topological polar surface area (TPSA) is 18.5 Å². The molecule has 2 nitrogen and oxygen atoms in total. The fourth-order valence-electron chi connectivity index (χ4n) is 5.24. The number of rotatable bonds is 11. The molecule has 0 amide bonds. The second-order valence-electron chi connectivity index (χ2n) is 10.6. The summed E-state index contributed by atoms with van der Waals surface area (Å²) in [4.78, 5) is 0. The monoisotopic (exact) mass is 566 g/mol. The molecule has 1 fully saturated rings. The van der Waals surface area contributed by atoms with E-state index in [0.29, 0.717) is 23.7 Å². The van der Waals surface area contributed by atoms with Crippen LogP contribution in [0.4, 0.5) is 17.6 Å². The summed E-state index contributed by atoms with van der Waals surface area (Å²) < 4.78 is 69.9. The summed E-state index contributed by atoms with van der Waals surface area (Å²) in [6.45, 7) is 4.78. The zero-order valence-electron chi connectivity index (χ0n) is 23.9. The molecule has 1 aliphatic heterocycles. The third-order valence-electron chi connectivity index (χ3n) is 7.64. The number of hydrogen-bond donors (Lipinski definition) is 0. The van der Waals surface area contributed by atoms with Crippen LogP contribution in [0.2, 0.25) is 0 Å². The van der Waals surface area contributed by atoms with E-state index in [9.17, 15) is 13.2 Å². The molecule has 41 heavy (non-hydrogen) atoms. The molecule has 2 unspecified atom stereocenters. The maximum Gasteiger partial charge on any atom is 0.201 e. The molecule has 0 spiro atoms. The van der Waals surface area contributed by atoms with E-state index in [1.807, 2.05) is 0 Å². The fraction of sp³-hybridized carbons (Fsp3) is 0.429. The summed E-state index contributed by atoms with van der Waals surface area (Å²) in [5.41, 5.74) is 0.896. The van der Waals surface area contributed by atoms with Crippen LogP contribution in [0.3, 0.4) is 0 Å². The molecular formula is C35H38F4O2. The highest BCUT2D eigenvalue weighted by Gasteiger charge is 2.21. The average Bonchev–Trinajstić information content (AvgIpc) is 2.99. The van der Waals surface area contributed by atoms with Gasteiger partial charge in [0.2, 0.25) is 5.82 Å². The summed E-state index contributed by atoms with van der Waals surface area (Å²) >= 11 is 0. The SMILES string of the molecule is CCCCCCCCC1CCC(C#Cc2ccc(-c3ccc(-c4ccc(OCC)c(F)c4F)cc3)c(F)c2F)OC1. The molecule has 0 bridgehead atoms. The smallest absolute Gasteiger partial charge is 0.201 e. The van der Waals surface area contributed by atoms with Crippen LogP contribution in [0.25, 0.3) is 22.3 Å². The van der Waals surface area contributed by atoms with Gasteiger partial charge in [-0.3, -0.25) is 0 Å². The first-order chi connectivity index (χ1) is 19.9. The Balaban J connectivity index is 1.37. The molecule has 0 N–H and O–H groups in total. The third kappa shape index (κ3) is 7.92. The minimum Gasteiger partial charge on any atom is -0.491 e. The largest absolute Gasteiger partial charge is 0.491 e. The highest BCUT2D eigenvalue weighted by molar-refractivity contribution is 5.72. The van der Waals surface area contributed by atoms with E-state index in [4.69, 9.17) is 9.47 Å². The Hall–Kier alpha value is -3.30. The molecule has 4 rings (SSSR count). The van der Waals surface area contributed by atoms with Gasteiger partial charge in [0.25, 0.3) is 0 Å². The summed E-state index contributed by atoms with van der Waals surface area (Å²) in [7, 11) is 0. The van der Waals surface area contributed by atoms with Crippen molar-refractivity contribution in [2.24, 2.45) is 5.92 Å². The highest BCUT2D eigenvalue weighted by Crippen LogP contribution is 2.33. The second kappa shape index (κ2) is 15.1. The highest BCUT2D eigenvalue weighted by atomic mass is 19.2. The molecule has 218 valence electrons. The van der Waals surface area contributed by atoms with Gasteiger partial charge in [-0.2, -0.15) is 4.39 Å². The van der Waals surface area contributed by atoms with Gasteiger partial charge in [-0.25, -0.2) is 13.2 Å². The zero-order valence-corrected chi connectivity index (χ0v) is 23.9. The number of ether oxygens (including phenoxy) is 2.